The summed E-state index contributed by atoms with van der Waals surface area (Å²) in [6, 6.07) is 4.63. The van der Waals surface area contributed by atoms with Gasteiger partial charge in [0.05, 0.1) is 5.02 Å². The fraction of sp³-hybridized carbons (Fsp3) is 0.333. The molecule has 3 nitrogen and oxygen atoms in total. The van der Waals surface area contributed by atoms with Crippen LogP contribution in [0, 0.1) is 0 Å². The quantitative estimate of drug-likeness (QED) is 0.693. The lowest BCUT2D eigenvalue weighted by molar-refractivity contribution is 0.275. The second-order valence-corrected chi connectivity index (χ2v) is 3.20. The van der Waals surface area contributed by atoms with E-state index in [9.17, 15) is 5.11 Å². The predicted molar refractivity (Wildman–Crippen MR) is 51.7 cm³/mol. The smallest absolute Gasteiger partial charge is 0.138 e. The predicted octanol–water partition coefficient (Wildman–Crippen LogP) is 1.43. The molecule has 0 aromatic heterocycles. The highest BCUT2D eigenvalue weighted by Gasteiger charge is 2.11. The van der Waals surface area contributed by atoms with Gasteiger partial charge in [0.25, 0.3) is 0 Å². The van der Waals surface area contributed by atoms with Crippen molar-refractivity contribution >= 4 is 11.6 Å². The number of para-hydroxylation sites is 1. The molecule has 0 bridgehead atoms. The van der Waals surface area contributed by atoms with Crippen molar-refractivity contribution in [3.05, 3.63) is 28.8 Å². The number of halogens is 1. The highest BCUT2D eigenvalue weighted by molar-refractivity contribution is 6.32. The molecule has 1 atom stereocenters. The first-order chi connectivity index (χ1) is 6.16. The van der Waals surface area contributed by atoms with Crippen LogP contribution in [-0.4, -0.2) is 16.8 Å². The minimum absolute atomic E-state index is 0.00474. The van der Waals surface area contributed by atoms with E-state index >= 15 is 0 Å². The van der Waals surface area contributed by atoms with E-state index < -0.39 is 0 Å². The average molecular weight is 202 g/mol. The van der Waals surface area contributed by atoms with Gasteiger partial charge in [-0.15, -0.1) is 0 Å². The highest BCUT2D eigenvalue weighted by atomic mass is 35.5. The van der Waals surface area contributed by atoms with Gasteiger partial charge in [0, 0.05) is 18.2 Å². The largest absolute Gasteiger partial charge is 0.506 e. The number of nitrogens with two attached hydrogens (primary N) is 1. The Hall–Kier alpha value is -0.770. The monoisotopic (exact) mass is 201 g/mol. The van der Waals surface area contributed by atoms with Gasteiger partial charge in [-0.1, -0.05) is 23.7 Å². The topological polar surface area (TPSA) is 66.5 Å². The zero-order chi connectivity index (χ0) is 9.84. The van der Waals surface area contributed by atoms with Crippen molar-refractivity contribution < 1.29 is 10.2 Å². The summed E-state index contributed by atoms with van der Waals surface area (Å²) >= 11 is 5.69. The van der Waals surface area contributed by atoms with Crippen molar-refractivity contribution in [2.45, 2.75) is 12.5 Å². The molecule has 4 N–H and O–H groups in total. The van der Waals surface area contributed by atoms with E-state index in [0.29, 0.717) is 12.0 Å². The van der Waals surface area contributed by atoms with Crippen LogP contribution in [0.15, 0.2) is 18.2 Å². The molecule has 72 valence electrons. The SMILES string of the molecule is N[C@H](CCO)c1cccc(Cl)c1O. The van der Waals surface area contributed by atoms with Gasteiger partial charge in [0.15, 0.2) is 0 Å². The molecule has 0 unspecified atom stereocenters. The Labute approximate surface area is 81.8 Å². The summed E-state index contributed by atoms with van der Waals surface area (Å²) in [5, 5.41) is 18.4. The van der Waals surface area contributed by atoms with Crippen LogP contribution in [0.1, 0.15) is 18.0 Å². The molecule has 1 rings (SSSR count). The van der Waals surface area contributed by atoms with E-state index in [0.717, 1.165) is 0 Å². The number of aromatic hydroxyl groups is 1. The van der Waals surface area contributed by atoms with E-state index in [-0.39, 0.29) is 23.4 Å². The van der Waals surface area contributed by atoms with Gasteiger partial charge in [-0.05, 0) is 12.5 Å². The molecule has 0 fully saturated rings. The van der Waals surface area contributed by atoms with Gasteiger partial charge >= 0.3 is 0 Å². The summed E-state index contributed by atoms with van der Waals surface area (Å²) in [6.07, 6.45) is 0.411. The maximum absolute atomic E-state index is 9.50. The van der Waals surface area contributed by atoms with Crippen LogP contribution in [0.4, 0.5) is 0 Å². The Morgan fingerprint density at radius 3 is 2.77 bits per heavy atom. The lowest BCUT2D eigenvalue weighted by Crippen LogP contribution is -2.12. The minimum atomic E-state index is -0.372. The molecule has 0 aliphatic carbocycles. The summed E-state index contributed by atoms with van der Waals surface area (Å²) in [6.45, 7) is -0.00683. The number of benzene rings is 1. The van der Waals surface area contributed by atoms with Gasteiger partial charge in [-0.3, -0.25) is 0 Å². The third-order valence-corrected chi connectivity index (χ3v) is 2.16. The van der Waals surface area contributed by atoms with Crippen LogP contribution >= 0.6 is 11.6 Å². The number of hydrogen-bond donors (Lipinski definition) is 3. The number of rotatable bonds is 3. The molecule has 0 heterocycles. The molecule has 0 aliphatic rings. The molecule has 0 amide bonds. The zero-order valence-corrected chi connectivity index (χ0v) is 7.83. The van der Waals surface area contributed by atoms with Crippen LogP contribution in [0.2, 0.25) is 5.02 Å². The van der Waals surface area contributed by atoms with E-state index in [4.69, 9.17) is 22.4 Å². The molecule has 4 heteroatoms. The van der Waals surface area contributed by atoms with Crippen molar-refractivity contribution in [1.29, 1.82) is 0 Å². The highest BCUT2D eigenvalue weighted by Crippen LogP contribution is 2.31. The van der Waals surface area contributed by atoms with E-state index in [1.54, 1.807) is 18.2 Å². The fourth-order valence-corrected chi connectivity index (χ4v) is 1.31. The lowest BCUT2D eigenvalue weighted by Gasteiger charge is -2.12. The second-order valence-electron chi connectivity index (χ2n) is 2.80. The van der Waals surface area contributed by atoms with Crippen LogP contribution in [0.25, 0.3) is 0 Å². The van der Waals surface area contributed by atoms with Crippen molar-refractivity contribution in [3.63, 3.8) is 0 Å². The molecule has 0 saturated carbocycles. The van der Waals surface area contributed by atoms with Gasteiger partial charge in [0.1, 0.15) is 5.75 Å². The van der Waals surface area contributed by atoms with Crippen molar-refractivity contribution in [2.24, 2.45) is 5.73 Å². The standard InChI is InChI=1S/C9H12ClNO2/c10-7-3-1-2-6(9(7)13)8(11)4-5-12/h1-3,8,12-13H,4-5,11H2/t8-/m1/s1. The van der Waals surface area contributed by atoms with E-state index in [2.05, 4.69) is 0 Å². The molecule has 0 radical (unpaired) electrons. The molecular formula is C9H12ClNO2. The van der Waals surface area contributed by atoms with Gasteiger partial charge in [-0.2, -0.15) is 0 Å². The number of aliphatic hydroxyl groups excluding tert-OH is 1. The minimum Gasteiger partial charge on any atom is -0.506 e. The number of aliphatic hydroxyl groups is 1. The number of hydrogen-bond acceptors (Lipinski definition) is 3. The molecule has 1 aromatic rings. The Balaban J connectivity index is 2.93. The van der Waals surface area contributed by atoms with Crippen molar-refractivity contribution in [1.82, 2.24) is 0 Å². The van der Waals surface area contributed by atoms with Gasteiger partial charge in [0.2, 0.25) is 0 Å². The van der Waals surface area contributed by atoms with Crippen LogP contribution in [0.5, 0.6) is 5.75 Å². The zero-order valence-electron chi connectivity index (χ0n) is 7.07. The molecule has 13 heavy (non-hydrogen) atoms. The maximum Gasteiger partial charge on any atom is 0.138 e. The average Bonchev–Trinajstić information content (AvgIpc) is 2.10. The van der Waals surface area contributed by atoms with Gasteiger partial charge < -0.3 is 15.9 Å². The van der Waals surface area contributed by atoms with E-state index in [1.807, 2.05) is 0 Å². The summed E-state index contributed by atoms with van der Waals surface area (Å²) in [7, 11) is 0. The third-order valence-electron chi connectivity index (χ3n) is 1.86. The Morgan fingerprint density at radius 1 is 1.46 bits per heavy atom. The van der Waals surface area contributed by atoms with Crippen molar-refractivity contribution in [3.8, 4) is 5.75 Å². The summed E-state index contributed by atoms with van der Waals surface area (Å²) < 4.78 is 0. The first-order valence-electron chi connectivity index (χ1n) is 4.00. The summed E-state index contributed by atoms with van der Waals surface area (Å²) in [5.41, 5.74) is 6.27. The Kier molecular flexibility index (Phi) is 3.54. The summed E-state index contributed by atoms with van der Waals surface area (Å²) in [5.74, 6) is 0.00474. The first-order valence-corrected chi connectivity index (χ1v) is 4.38. The second kappa shape index (κ2) is 4.46. The van der Waals surface area contributed by atoms with Crippen LogP contribution in [0.3, 0.4) is 0 Å². The van der Waals surface area contributed by atoms with Crippen LogP contribution in [-0.2, 0) is 0 Å². The molecule has 1 aromatic carbocycles. The Bertz CT molecular complexity index is 291. The summed E-state index contributed by atoms with van der Waals surface area (Å²) in [4.78, 5) is 0. The lowest BCUT2D eigenvalue weighted by atomic mass is 10.0. The number of phenols is 1. The van der Waals surface area contributed by atoms with Gasteiger partial charge in [-0.25, -0.2) is 0 Å². The maximum atomic E-state index is 9.50. The fourth-order valence-electron chi connectivity index (χ4n) is 1.13. The van der Waals surface area contributed by atoms with Crippen LogP contribution < -0.4 is 5.73 Å². The normalized spacial score (nSPS) is 12.8. The van der Waals surface area contributed by atoms with Crippen molar-refractivity contribution in [2.75, 3.05) is 6.61 Å². The Morgan fingerprint density at radius 2 is 2.15 bits per heavy atom. The first kappa shape index (κ1) is 10.3. The molecule has 0 saturated heterocycles. The van der Waals surface area contributed by atoms with E-state index in [1.165, 1.54) is 0 Å². The molecule has 0 aliphatic heterocycles. The number of phenolic OH excluding ortho intramolecular Hbond substituents is 1. The molecular weight excluding hydrogens is 190 g/mol. The molecule has 0 spiro atoms. The third kappa shape index (κ3) is 2.34.